The van der Waals surface area contributed by atoms with Crippen LogP contribution in [0.3, 0.4) is 0 Å². The van der Waals surface area contributed by atoms with Crippen LogP contribution in [-0.2, 0) is 4.79 Å². The van der Waals surface area contributed by atoms with Gasteiger partial charge in [0.2, 0.25) is 0 Å². The zero-order chi connectivity index (χ0) is 20.3. The molecule has 0 aromatic heterocycles. The highest BCUT2D eigenvalue weighted by atomic mass is 16.5. The first kappa shape index (κ1) is 20.1. The van der Waals surface area contributed by atoms with E-state index in [4.69, 9.17) is 14.2 Å². The maximum Gasteiger partial charge on any atom is 0.261 e. The number of hydrogen-bond acceptors (Lipinski definition) is 4. The zero-order valence-corrected chi connectivity index (χ0v) is 17.2. The molecule has 0 spiro atoms. The Morgan fingerprint density at radius 3 is 2.54 bits per heavy atom. The predicted octanol–water partition coefficient (Wildman–Crippen LogP) is 4.58. The average molecular weight is 383 g/mol. The fourth-order valence-electron chi connectivity index (χ4n) is 3.51. The SMILES string of the molecule is CC[C@H](Oc1ccc(OC)cc1)C(=O)N[C@@H]1CC(C)(C)Oc2ccc(C)cc21. The summed E-state index contributed by atoms with van der Waals surface area (Å²) in [4.78, 5) is 13.0. The highest BCUT2D eigenvalue weighted by molar-refractivity contribution is 5.81. The molecule has 1 N–H and O–H groups in total. The number of carbonyl (C=O) groups is 1. The highest BCUT2D eigenvalue weighted by Crippen LogP contribution is 2.40. The number of carbonyl (C=O) groups excluding carboxylic acids is 1. The van der Waals surface area contributed by atoms with Gasteiger partial charge in [-0.1, -0.05) is 24.6 Å². The number of benzene rings is 2. The van der Waals surface area contributed by atoms with Crippen molar-refractivity contribution in [2.45, 2.75) is 58.3 Å². The van der Waals surface area contributed by atoms with Crippen molar-refractivity contribution >= 4 is 5.91 Å². The lowest BCUT2D eigenvalue weighted by Crippen LogP contribution is -2.45. The predicted molar refractivity (Wildman–Crippen MR) is 109 cm³/mol. The molecule has 5 nitrogen and oxygen atoms in total. The molecule has 2 aromatic carbocycles. The summed E-state index contributed by atoms with van der Waals surface area (Å²) in [6.07, 6.45) is 0.715. The van der Waals surface area contributed by atoms with Crippen molar-refractivity contribution in [1.29, 1.82) is 0 Å². The number of rotatable bonds is 6. The Morgan fingerprint density at radius 2 is 1.89 bits per heavy atom. The molecule has 5 heteroatoms. The second-order valence-corrected chi connectivity index (χ2v) is 7.86. The van der Waals surface area contributed by atoms with Crippen LogP contribution in [-0.4, -0.2) is 24.7 Å². The largest absolute Gasteiger partial charge is 0.497 e. The van der Waals surface area contributed by atoms with E-state index < -0.39 is 6.10 Å². The Bertz CT molecular complexity index is 829. The van der Waals surface area contributed by atoms with Gasteiger partial charge in [0.05, 0.1) is 13.2 Å². The summed E-state index contributed by atoms with van der Waals surface area (Å²) in [5, 5.41) is 3.18. The van der Waals surface area contributed by atoms with Crippen LogP contribution in [0.25, 0.3) is 0 Å². The van der Waals surface area contributed by atoms with Gasteiger partial charge in [0.25, 0.3) is 5.91 Å². The molecule has 3 rings (SSSR count). The van der Waals surface area contributed by atoms with Crippen molar-refractivity contribution < 1.29 is 19.0 Å². The van der Waals surface area contributed by atoms with Gasteiger partial charge >= 0.3 is 0 Å². The lowest BCUT2D eigenvalue weighted by molar-refractivity contribution is -0.129. The van der Waals surface area contributed by atoms with Gasteiger partial charge < -0.3 is 19.5 Å². The fraction of sp³-hybridized carbons (Fsp3) is 0.435. The van der Waals surface area contributed by atoms with Crippen LogP contribution in [0.5, 0.6) is 17.2 Å². The fourth-order valence-corrected chi connectivity index (χ4v) is 3.51. The number of nitrogens with one attached hydrogen (secondary N) is 1. The maximum atomic E-state index is 13.0. The van der Waals surface area contributed by atoms with E-state index >= 15 is 0 Å². The number of hydrogen-bond donors (Lipinski definition) is 1. The Morgan fingerprint density at radius 1 is 1.21 bits per heavy atom. The van der Waals surface area contributed by atoms with Crippen molar-refractivity contribution in [1.82, 2.24) is 5.32 Å². The lowest BCUT2D eigenvalue weighted by atomic mass is 9.88. The molecule has 0 bridgehead atoms. The first-order chi connectivity index (χ1) is 13.3. The molecule has 1 aliphatic rings. The maximum absolute atomic E-state index is 13.0. The molecule has 2 atom stereocenters. The van der Waals surface area contributed by atoms with Crippen molar-refractivity contribution in [3.8, 4) is 17.2 Å². The second-order valence-electron chi connectivity index (χ2n) is 7.86. The molecule has 0 saturated heterocycles. The minimum Gasteiger partial charge on any atom is -0.497 e. The first-order valence-corrected chi connectivity index (χ1v) is 9.72. The Kier molecular flexibility index (Phi) is 5.82. The Balaban J connectivity index is 1.75. The molecule has 0 saturated carbocycles. The summed E-state index contributed by atoms with van der Waals surface area (Å²) < 4.78 is 17.2. The molecule has 0 unspecified atom stereocenters. The van der Waals surface area contributed by atoms with Crippen molar-refractivity contribution in [2.75, 3.05) is 7.11 Å². The number of methoxy groups -OCH3 is 1. The first-order valence-electron chi connectivity index (χ1n) is 9.72. The normalized spacial score (nSPS) is 18.4. The van der Waals surface area contributed by atoms with Gasteiger partial charge in [-0.25, -0.2) is 0 Å². The van der Waals surface area contributed by atoms with Crippen LogP contribution in [0.15, 0.2) is 42.5 Å². The molecular weight excluding hydrogens is 354 g/mol. The Hall–Kier alpha value is -2.69. The third-order valence-corrected chi connectivity index (χ3v) is 4.94. The quantitative estimate of drug-likeness (QED) is 0.793. The van der Waals surface area contributed by atoms with Gasteiger partial charge in [-0.2, -0.15) is 0 Å². The summed E-state index contributed by atoms with van der Waals surface area (Å²) in [5.74, 6) is 2.11. The van der Waals surface area contributed by atoms with Crippen LogP contribution in [0, 0.1) is 6.92 Å². The molecule has 0 fully saturated rings. The molecule has 1 amide bonds. The van der Waals surface area contributed by atoms with Crippen molar-refractivity contribution in [3.63, 3.8) is 0 Å². The van der Waals surface area contributed by atoms with Gasteiger partial charge in [0.1, 0.15) is 22.8 Å². The number of aryl methyl sites for hydroxylation is 1. The third-order valence-electron chi connectivity index (χ3n) is 4.94. The molecular formula is C23H29NO4. The molecule has 150 valence electrons. The standard InChI is InChI=1S/C23H29NO4/c1-6-20(27-17-10-8-16(26-5)9-11-17)22(25)24-19-14-23(3,4)28-21-12-7-15(2)13-18(19)21/h7-13,19-20H,6,14H2,1-5H3,(H,24,25)/t19-,20+/m1/s1. The molecule has 1 heterocycles. The molecule has 28 heavy (non-hydrogen) atoms. The molecule has 0 aliphatic carbocycles. The van der Waals surface area contributed by atoms with E-state index in [0.717, 1.165) is 22.6 Å². The van der Waals surface area contributed by atoms with E-state index in [9.17, 15) is 4.79 Å². The van der Waals surface area contributed by atoms with E-state index in [1.165, 1.54) is 0 Å². The monoisotopic (exact) mass is 383 g/mol. The molecule has 2 aromatic rings. The number of amides is 1. The van der Waals surface area contributed by atoms with E-state index in [2.05, 4.69) is 11.4 Å². The minimum atomic E-state index is -0.562. The van der Waals surface area contributed by atoms with Crippen molar-refractivity contribution in [3.05, 3.63) is 53.6 Å². The minimum absolute atomic E-state index is 0.111. The van der Waals surface area contributed by atoms with Crippen LogP contribution in [0.4, 0.5) is 0 Å². The third kappa shape index (κ3) is 4.58. The number of fused-ring (bicyclic) bond motifs is 1. The van der Waals surface area contributed by atoms with Gasteiger partial charge in [0, 0.05) is 12.0 Å². The summed E-state index contributed by atoms with van der Waals surface area (Å²) in [6.45, 7) is 8.07. The molecule has 0 radical (unpaired) electrons. The molecule has 1 aliphatic heterocycles. The smallest absolute Gasteiger partial charge is 0.261 e. The summed E-state index contributed by atoms with van der Waals surface area (Å²) >= 11 is 0. The number of ether oxygens (including phenoxy) is 3. The summed E-state index contributed by atoms with van der Waals surface area (Å²) in [6, 6.07) is 13.2. The van der Waals surface area contributed by atoms with Crippen LogP contribution in [0.1, 0.15) is 50.8 Å². The summed E-state index contributed by atoms with van der Waals surface area (Å²) in [7, 11) is 1.62. The zero-order valence-electron chi connectivity index (χ0n) is 17.2. The summed E-state index contributed by atoms with van der Waals surface area (Å²) in [5.41, 5.74) is 1.81. The van der Waals surface area contributed by atoms with Crippen LogP contribution >= 0.6 is 0 Å². The van der Waals surface area contributed by atoms with Crippen LogP contribution < -0.4 is 19.5 Å². The van der Waals surface area contributed by atoms with E-state index in [1.54, 1.807) is 7.11 Å². The van der Waals surface area contributed by atoms with Gasteiger partial charge in [-0.05, 0) is 57.5 Å². The van der Waals surface area contributed by atoms with E-state index in [0.29, 0.717) is 18.6 Å². The van der Waals surface area contributed by atoms with E-state index in [1.807, 2.05) is 64.1 Å². The van der Waals surface area contributed by atoms with Gasteiger partial charge in [0.15, 0.2) is 6.10 Å². The highest BCUT2D eigenvalue weighted by Gasteiger charge is 2.35. The van der Waals surface area contributed by atoms with Crippen LogP contribution in [0.2, 0.25) is 0 Å². The van der Waals surface area contributed by atoms with Crippen molar-refractivity contribution in [2.24, 2.45) is 0 Å². The lowest BCUT2D eigenvalue weighted by Gasteiger charge is -2.38. The topological polar surface area (TPSA) is 56.8 Å². The van der Waals surface area contributed by atoms with Gasteiger partial charge in [-0.3, -0.25) is 4.79 Å². The Labute approximate surface area is 167 Å². The van der Waals surface area contributed by atoms with E-state index in [-0.39, 0.29) is 17.6 Å². The average Bonchev–Trinajstić information content (AvgIpc) is 2.66. The second kappa shape index (κ2) is 8.13. The van der Waals surface area contributed by atoms with Gasteiger partial charge in [-0.15, -0.1) is 0 Å².